The van der Waals surface area contributed by atoms with Crippen LogP contribution in [0.25, 0.3) is 16.1 Å². The number of methoxy groups -OCH3 is 1. The van der Waals surface area contributed by atoms with Gasteiger partial charge in [-0.25, -0.2) is 9.61 Å². The molecule has 0 radical (unpaired) electrons. The van der Waals surface area contributed by atoms with E-state index in [1.165, 1.54) is 23.0 Å². The highest BCUT2D eigenvalue weighted by molar-refractivity contribution is 7.13. The minimum atomic E-state index is -0.379. The highest BCUT2D eigenvalue weighted by atomic mass is 35.5. The fraction of sp³-hybridized carbons (Fsp3) is 0.111. The molecule has 1 aromatic carbocycles. The third kappa shape index (κ3) is 3.49. The van der Waals surface area contributed by atoms with E-state index in [1.54, 1.807) is 24.3 Å². The number of hydrogen-bond donors (Lipinski definition) is 2. The van der Waals surface area contributed by atoms with Gasteiger partial charge in [0, 0.05) is 5.02 Å². The zero-order chi connectivity index (χ0) is 19.7. The molecule has 8 nitrogen and oxygen atoms in total. The van der Waals surface area contributed by atoms with Gasteiger partial charge in [-0.2, -0.15) is 10.2 Å². The van der Waals surface area contributed by atoms with Crippen molar-refractivity contribution in [2.45, 2.75) is 6.42 Å². The van der Waals surface area contributed by atoms with E-state index >= 15 is 0 Å². The van der Waals surface area contributed by atoms with Crippen molar-refractivity contribution in [3.63, 3.8) is 0 Å². The number of aromatic nitrogens is 4. The molecule has 0 aliphatic rings. The normalized spacial score (nSPS) is 10.9. The molecule has 142 valence electrons. The van der Waals surface area contributed by atoms with E-state index < -0.39 is 0 Å². The molecule has 0 bridgehead atoms. The third-order valence-corrected chi connectivity index (χ3v) is 5.13. The zero-order valence-electron chi connectivity index (χ0n) is 14.6. The van der Waals surface area contributed by atoms with Crippen molar-refractivity contribution in [2.24, 2.45) is 0 Å². The quantitative estimate of drug-likeness (QED) is 0.521. The topological polar surface area (TPSA) is 101 Å². The minimum Gasteiger partial charge on any atom is -0.495 e. The fourth-order valence-corrected chi connectivity index (χ4v) is 3.59. The molecule has 4 aromatic rings. The smallest absolute Gasteiger partial charge is 0.290 e. The minimum absolute atomic E-state index is 0.103. The third-order valence-electron chi connectivity index (χ3n) is 4.00. The number of amides is 1. The average molecular weight is 416 g/mol. The second-order valence-electron chi connectivity index (χ2n) is 5.84. The number of carbonyl (C=O) groups excluding carboxylic acids is 1. The lowest BCUT2D eigenvalue weighted by molar-refractivity contribution is -0.115. The summed E-state index contributed by atoms with van der Waals surface area (Å²) in [4.78, 5) is 25.6. The SMILES string of the molecule is COc1ccc(Cl)cc1NC(=O)Cc1n[nH]c(=O)c2cc(-c3cccs3)nn12. The lowest BCUT2D eigenvalue weighted by atomic mass is 10.2. The lowest BCUT2D eigenvalue weighted by Gasteiger charge is -2.10. The maximum Gasteiger partial charge on any atom is 0.290 e. The molecule has 1 amide bonds. The summed E-state index contributed by atoms with van der Waals surface area (Å²) in [6.45, 7) is 0. The second kappa shape index (κ2) is 7.45. The van der Waals surface area contributed by atoms with Crippen LogP contribution in [0.3, 0.4) is 0 Å². The van der Waals surface area contributed by atoms with Crippen LogP contribution < -0.4 is 15.6 Å². The number of anilines is 1. The molecule has 0 atom stereocenters. The Balaban J connectivity index is 1.65. The van der Waals surface area contributed by atoms with Gasteiger partial charge in [-0.1, -0.05) is 17.7 Å². The number of fused-ring (bicyclic) bond motifs is 1. The Hall–Kier alpha value is -3.17. The van der Waals surface area contributed by atoms with Crippen LogP contribution >= 0.6 is 22.9 Å². The summed E-state index contributed by atoms with van der Waals surface area (Å²) in [5.74, 6) is 0.432. The summed E-state index contributed by atoms with van der Waals surface area (Å²) in [5, 5.41) is 16.0. The summed E-state index contributed by atoms with van der Waals surface area (Å²) in [7, 11) is 1.50. The first-order valence-corrected chi connectivity index (χ1v) is 9.45. The maximum atomic E-state index is 12.5. The second-order valence-corrected chi connectivity index (χ2v) is 7.23. The van der Waals surface area contributed by atoms with Crippen molar-refractivity contribution >= 4 is 40.0 Å². The van der Waals surface area contributed by atoms with Gasteiger partial charge in [0.25, 0.3) is 5.56 Å². The van der Waals surface area contributed by atoms with E-state index in [2.05, 4.69) is 20.6 Å². The van der Waals surface area contributed by atoms with Gasteiger partial charge >= 0.3 is 0 Å². The molecule has 0 aliphatic carbocycles. The van der Waals surface area contributed by atoms with Crippen molar-refractivity contribution in [1.82, 2.24) is 19.8 Å². The molecule has 0 saturated carbocycles. The molecule has 3 aromatic heterocycles. The number of nitrogens with one attached hydrogen (secondary N) is 2. The van der Waals surface area contributed by atoms with Gasteiger partial charge in [-0.05, 0) is 35.7 Å². The van der Waals surface area contributed by atoms with Crippen LogP contribution in [-0.4, -0.2) is 32.8 Å². The summed E-state index contributed by atoms with van der Waals surface area (Å²) in [6, 6.07) is 10.4. The van der Waals surface area contributed by atoms with E-state index in [0.717, 1.165) is 4.88 Å². The number of ether oxygens (including phenoxy) is 1. The Morgan fingerprint density at radius 2 is 2.21 bits per heavy atom. The molecule has 0 saturated heterocycles. The molecule has 4 rings (SSSR count). The van der Waals surface area contributed by atoms with Gasteiger partial charge in [0.15, 0.2) is 5.82 Å². The van der Waals surface area contributed by atoms with Crippen LogP contribution in [0.1, 0.15) is 5.82 Å². The zero-order valence-corrected chi connectivity index (χ0v) is 16.2. The van der Waals surface area contributed by atoms with Gasteiger partial charge in [0.05, 0.1) is 24.1 Å². The monoisotopic (exact) mass is 415 g/mol. The van der Waals surface area contributed by atoms with Crippen molar-refractivity contribution in [1.29, 1.82) is 0 Å². The van der Waals surface area contributed by atoms with Crippen molar-refractivity contribution in [3.05, 3.63) is 63.0 Å². The molecule has 0 unspecified atom stereocenters. The number of rotatable bonds is 5. The summed E-state index contributed by atoms with van der Waals surface area (Å²) >= 11 is 7.50. The number of nitrogens with zero attached hydrogens (tertiary/aromatic N) is 3. The highest BCUT2D eigenvalue weighted by Gasteiger charge is 2.16. The van der Waals surface area contributed by atoms with E-state index in [4.69, 9.17) is 16.3 Å². The Morgan fingerprint density at radius 3 is 2.96 bits per heavy atom. The van der Waals surface area contributed by atoms with Crippen LogP contribution in [0.15, 0.2) is 46.6 Å². The van der Waals surface area contributed by atoms with E-state index in [9.17, 15) is 9.59 Å². The van der Waals surface area contributed by atoms with Crippen molar-refractivity contribution in [2.75, 3.05) is 12.4 Å². The Morgan fingerprint density at radius 1 is 1.36 bits per heavy atom. The number of aromatic amines is 1. The average Bonchev–Trinajstić information content (AvgIpc) is 3.34. The van der Waals surface area contributed by atoms with Crippen molar-refractivity contribution in [3.8, 4) is 16.3 Å². The Bertz CT molecular complexity index is 1220. The molecular formula is C18H14ClN5O3S. The van der Waals surface area contributed by atoms with Crippen LogP contribution in [0, 0.1) is 0 Å². The first-order valence-electron chi connectivity index (χ1n) is 8.20. The van der Waals surface area contributed by atoms with Crippen molar-refractivity contribution < 1.29 is 9.53 Å². The molecule has 0 fully saturated rings. The van der Waals surface area contributed by atoms with Crippen LogP contribution in [0.5, 0.6) is 5.75 Å². The van der Waals surface area contributed by atoms with E-state index in [1.807, 2.05) is 17.5 Å². The Kier molecular flexibility index (Phi) is 4.84. The van der Waals surface area contributed by atoms with E-state index in [0.29, 0.717) is 33.5 Å². The van der Waals surface area contributed by atoms with Gasteiger partial charge in [0.2, 0.25) is 5.91 Å². The summed E-state index contributed by atoms with van der Waals surface area (Å²) in [6.07, 6.45) is -0.103. The Labute approximate surface area is 167 Å². The van der Waals surface area contributed by atoms with Gasteiger partial charge < -0.3 is 10.1 Å². The maximum absolute atomic E-state index is 12.5. The van der Waals surface area contributed by atoms with Gasteiger partial charge in [-0.15, -0.1) is 11.3 Å². The first kappa shape index (κ1) is 18.2. The summed E-state index contributed by atoms with van der Waals surface area (Å²) in [5.41, 5.74) is 1.03. The fourth-order valence-electron chi connectivity index (χ4n) is 2.73. The predicted octanol–water partition coefficient (Wildman–Crippen LogP) is 2.99. The van der Waals surface area contributed by atoms with Crippen LogP contribution in [0.4, 0.5) is 5.69 Å². The van der Waals surface area contributed by atoms with Gasteiger partial charge in [0.1, 0.15) is 17.0 Å². The number of halogens is 1. The molecule has 10 heteroatoms. The molecule has 28 heavy (non-hydrogen) atoms. The van der Waals surface area contributed by atoms with Crippen LogP contribution in [-0.2, 0) is 11.2 Å². The largest absolute Gasteiger partial charge is 0.495 e. The predicted molar refractivity (Wildman–Crippen MR) is 107 cm³/mol. The molecule has 0 aliphatic heterocycles. The standard InChI is InChI=1S/C18H14ClN5O3S/c1-27-14-5-4-10(19)7-11(14)20-17(25)9-16-21-22-18(26)13-8-12(23-24(13)16)15-3-2-6-28-15/h2-8H,9H2,1H3,(H,20,25)(H,22,26). The number of carbonyl (C=O) groups is 1. The lowest BCUT2D eigenvalue weighted by Crippen LogP contribution is -2.22. The number of hydrogen-bond acceptors (Lipinski definition) is 6. The number of H-pyrrole nitrogens is 1. The number of benzene rings is 1. The van der Waals surface area contributed by atoms with E-state index in [-0.39, 0.29) is 17.9 Å². The molecule has 0 spiro atoms. The molecule has 2 N–H and O–H groups in total. The molecule has 3 heterocycles. The summed E-state index contributed by atoms with van der Waals surface area (Å²) < 4.78 is 6.62. The first-order chi connectivity index (χ1) is 13.5. The number of thiophene rings is 1. The molecular weight excluding hydrogens is 402 g/mol. The van der Waals surface area contributed by atoms with Gasteiger partial charge in [-0.3, -0.25) is 9.59 Å². The highest BCUT2D eigenvalue weighted by Crippen LogP contribution is 2.28. The van der Waals surface area contributed by atoms with Crippen LogP contribution in [0.2, 0.25) is 5.02 Å².